The van der Waals surface area contributed by atoms with Crippen LogP contribution in [0.15, 0.2) is 6.20 Å². The summed E-state index contributed by atoms with van der Waals surface area (Å²) in [5, 5.41) is 3.66. The van der Waals surface area contributed by atoms with Crippen molar-refractivity contribution in [2.75, 3.05) is 6.61 Å². The molecule has 18 heavy (non-hydrogen) atoms. The van der Waals surface area contributed by atoms with E-state index in [1.807, 2.05) is 20.8 Å². The molecule has 0 saturated heterocycles. The van der Waals surface area contributed by atoms with Crippen LogP contribution in [0, 0.1) is 5.41 Å². The van der Waals surface area contributed by atoms with E-state index in [0.717, 1.165) is 17.3 Å². The highest BCUT2D eigenvalue weighted by Crippen LogP contribution is 2.24. The van der Waals surface area contributed by atoms with Crippen LogP contribution in [0.5, 0.6) is 0 Å². The third-order valence-corrected chi connectivity index (χ3v) is 2.96. The Morgan fingerprint density at radius 1 is 1.56 bits per heavy atom. The number of nitrogens with zero attached hydrogens (tertiary/aromatic N) is 2. The van der Waals surface area contributed by atoms with Gasteiger partial charge >= 0.3 is 5.97 Å². The summed E-state index contributed by atoms with van der Waals surface area (Å²) in [5.41, 5.74) is -0.739. The van der Waals surface area contributed by atoms with Crippen molar-refractivity contribution in [3.05, 3.63) is 17.5 Å². The minimum atomic E-state index is -2.75. The molecule has 0 aliphatic carbocycles. The van der Waals surface area contributed by atoms with Crippen LogP contribution in [0.25, 0.3) is 0 Å². The van der Waals surface area contributed by atoms with Gasteiger partial charge in [-0.25, -0.2) is 13.6 Å². The molecule has 0 aliphatic rings. The Hall–Kier alpha value is -1.46. The van der Waals surface area contributed by atoms with Gasteiger partial charge in [0.2, 0.25) is 0 Å². The number of carbonyl (C=O) groups is 1. The van der Waals surface area contributed by atoms with Crippen LogP contribution < -0.4 is 0 Å². The first-order valence-electron chi connectivity index (χ1n) is 5.75. The summed E-state index contributed by atoms with van der Waals surface area (Å²) < 4.78 is 31.6. The third kappa shape index (κ3) is 3.27. The van der Waals surface area contributed by atoms with E-state index in [-0.39, 0.29) is 17.6 Å². The molecule has 0 N–H and O–H groups in total. The van der Waals surface area contributed by atoms with E-state index in [0.29, 0.717) is 0 Å². The molecule has 0 amide bonds. The molecule has 0 bridgehead atoms. The van der Waals surface area contributed by atoms with Crippen LogP contribution >= 0.6 is 0 Å². The average molecular weight is 260 g/mol. The van der Waals surface area contributed by atoms with Gasteiger partial charge in [0.05, 0.1) is 12.8 Å². The molecule has 6 heteroatoms. The molecule has 1 heterocycles. The maximum atomic E-state index is 12.8. The Morgan fingerprint density at radius 2 is 2.17 bits per heavy atom. The van der Waals surface area contributed by atoms with Crippen LogP contribution in [0.3, 0.4) is 0 Å². The van der Waals surface area contributed by atoms with Crippen LogP contribution in [0.1, 0.15) is 49.7 Å². The van der Waals surface area contributed by atoms with E-state index >= 15 is 0 Å². The number of aryl methyl sites for hydroxylation is 1. The number of hydrogen-bond acceptors (Lipinski definition) is 3. The lowest BCUT2D eigenvalue weighted by molar-refractivity contribution is 0.0325. The van der Waals surface area contributed by atoms with Crippen molar-refractivity contribution in [2.24, 2.45) is 12.5 Å². The smallest absolute Gasteiger partial charge is 0.341 e. The van der Waals surface area contributed by atoms with Gasteiger partial charge in [-0.05, 0) is 11.8 Å². The normalized spacial score (nSPS) is 11.9. The zero-order chi connectivity index (χ0) is 13.9. The molecule has 1 rings (SSSR count). The first-order valence-corrected chi connectivity index (χ1v) is 5.75. The number of hydrogen-bond donors (Lipinski definition) is 0. The van der Waals surface area contributed by atoms with Crippen molar-refractivity contribution in [2.45, 2.75) is 33.6 Å². The van der Waals surface area contributed by atoms with E-state index in [4.69, 9.17) is 4.74 Å². The Morgan fingerprint density at radius 3 is 2.67 bits per heavy atom. The topological polar surface area (TPSA) is 44.1 Å². The zero-order valence-corrected chi connectivity index (χ0v) is 11.0. The molecule has 0 radical (unpaired) electrons. The number of rotatable bonds is 5. The zero-order valence-electron chi connectivity index (χ0n) is 11.0. The quantitative estimate of drug-likeness (QED) is 0.764. The van der Waals surface area contributed by atoms with Crippen LogP contribution in [0.4, 0.5) is 8.78 Å². The van der Waals surface area contributed by atoms with Gasteiger partial charge in [0.1, 0.15) is 11.3 Å². The molecule has 0 unspecified atom stereocenters. The summed E-state index contributed by atoms with van der Waals surface area (Å²) >= 11 is 0. The monoisotopic (exact) mass is 260 g/mol. The van der Waals surface area contributed by atoms with Gasteiger partial charge in [-0.15, -0.1) is 0 Å². The first-order chi connectivity index (χ1) is 8.28. The number of aromatic nitrogens is 2. The molecule has 1 aromatic rings. The van der Waals surface area contributed by atoms with E-state index in [1.165, 1.54) is 7.05 Å². The molecule has 0 saturated carbocycles. The summed E-state index contributed by atoms with van der Waals surface area (Å²) in [5.74, 6) is -0.750. The second-order valence-electron chi connectivity index (χ2n) is 4.96. The number of ether oxygens (including phenoxy) is 1. The van der Waals surface area contributed by atoms with Crippen LogP contribution in [-0.2, 0) is 11.8 Å². The van der Waals surface area contributed by atoms with E-state index in [2.05, 4.69) is 5.10 Å². The number of alkyl halides is 2. The van der Waals surface area contributed by atoms with Gasteiger partial charge in [-0.2, -0.15) is 5.10 Å². The van der Waals surface area contributed by atoms with Crippen molar-refractivity contribution in [1.82, 2.24) is 9.78 Å². The van der Waals surface area contributed by atoms with Crippen molar-refractivity contribution in [1.29, 1.82) is 0 Å². The number of halogens is 2. The highest BCUT2D eigenvalue weighted by molar-refractivity contribution is 5.90. The van der Waals surface area contributed by atoms with Crippen molar-refractivity contribution in [3.8, 4) is 0 Å². The highest BCUT2D eigenvalue weighted by atomic mass is 19.3. The van der Waals surface area contributed by atoms with Gasteiger partial charge in [0.25, 0.3) is 6.43 Å². The highest BCUT2D eigenvalue weighted by Gasteiger charge is 2.26. The fraction of sp³-hybridized carbons (Fsp3) is 0.667. The predicted octanol–water partition coefficient (Wildman–Crippen LogP) is 2.95. The Kier molecular flexibility index (Phi) is 4.43. The Bertz CT molecular complexity index is 428. The van der Waals surface area contributed by atoms with Gasteiger partial charge in [0, 0.05) is 7.05 Å². The second-order valence-corrected chi connectivity index (χ2v) is 4.96. The van der Waals surface area contributed by atoms with Crippen molar-refractivity contribution in [3.63, 3.8) is 0 Å². The molecule has 0 fully saturated rings. The van der Waals surface area contributed by atoms with Crippen molar-refractivity contribution >= 4 is 5.97 Å². The van der Waals surface area contributed by atoms with E-state index in [9.17, 15) is 13.6 Å². The number of carbonyl (C=O) groups excluding carboxylic acids is 1. The van der Waals surface area contributed by atoms with Crippen molar-refractivity contribution < 1.29 is 18.3 Å². The number of esters is 1. The molecule has 0 atom stereocenters. The summed E-state index contributed by atoms with van der Waals surface area (Å²) in [7, 11) is 1.37. The fourth-order valence-corrected chi connectivity index (χ4v) is 1.30. The fourth-order valence-electron chi connectivity index (χ4n) is 1.30. The van der Waals surface area contributed by atoms with Crippen LogP contribution in [-0.4, -0.2) is 22.4 Å². The summed E-state index contributed by atoms with van der Waals surface area (Å²) in [4.78, 5) is 11.7. The minimum absolute atomic E-state index is 0.164. The van der Waals surface area contributed by atoms with Gasteiger partial charge in [0.15, 0.2) is 0 Å². The average Bonchev–Trinajstić information content (AvgIpc) is 2.68. The van der Waals surface area contributed by atoms with Crippen LogP contribution in [0.2, 0.25) is 0 Å². The molecule has 4 nitrogen and oxygen atoms in total. The van der Waals surface area contributed by atoms with Gasteiger partial charge < -0.3 is 4.74 Å². The summed E-state index contributed by atoms with van der Waals surface area (Å²) in [6.45, 7) is 6.05. The lowest BCUT2D eigenvalue weighted by Crippen LogP contribution is -2.21. The minimum Gasteiger partial charge on any atom is -0.461 e. The second kappa shape index (κ2) is 5.46. The Balaban J connectivity index is 2.80. The lowest BCUT2D eigenvalue weighted by Gasteiger charge is -2.21. The van der Waals surface area contributed by atoms with E-state index < -0.39 is 18.1 Å². The molecule has 0 aromatic carbocycles. The predicted molar refractivity (Wildman–Crippen MR) is 62.5 cm³/mol. The summed E-state index contributed by atoms with van der Waals surface area (Å²) in [6.07, 6.45) is -0.808. The van der Waals surface area contributed by atoms with Gasteiger partial charge in [-0.1, -0.05) is 20.8 Å². The lowest BCUT2D eigenvalue weighted by atomic mass is 9.92. The maximum Gasteiger partial charge on any atom is 0.341 e. The molecule has 1 aromatic heterocycles. The van der Waals surface area contributed by atoms with Gasteiger partial charge in [-0.3, -0.25) is 4.68 Å². The Labute approximate surface area is 105 Å². The molecule has 102 valence electrons. The molecule has 0 spiro atoms. The largest absolute Gasteiger partial charge is 0.461 e. The third-order valence-electron chi connectivity index (χ3n) is 2.96. The molecular formula is C12H18F2N2O2. The SMILES string of the molecule is CCC(C)(C)COC(=O)c1cnn(C)c1C(F)F. The molecule has 0 aliphatic heterocycles. The summed E-state index contributed by atoms with van der Waals surface area (Å²) in [6, 6.07) is 0. The molecular weight excluding hydrogens is 242 g/mol. The first kappa shape index (κ1) is 14.6. The van der Waals surface area contributed by atoms with E-state index in [1.54, 1.807) is 0 Å². The maximum absolute atomic E-state index is 12.8. The standard InChI is InChI=1S/C12H18F2N2O2/c1-5-12(2,3)7-18-11(17)8-6-15-16(4)9(8)10(13)14/h6,10H,5,7H2,1-4H3.